The molecule has 0 unspecified atom stereocenters. The van der Waals surface area contributed by atoms with Crippen LogP contribution in [0.5, 0.6) is 0 Å². The molecular weight excluding hydrogens is 197 g/mol. The quantitative estimate of drug-likeness (QED) is 0.545. The Kier molecular flexibility index (Phi) is 3.11. The van der Waals surface area contributed by atoms with E-state index in [2.05, 4.69) is 4.74 Å². The lowest BCUT2D eigenvalue weighted by molar-refractivity contribution is -0.142. The van der Waals surface area contributed by atoms with Gasteiger partial charge in [-0.05, 0) is 12.1 Å². The van der Waals surface area contributed by atoms with Gasteiger partial charge in [0, 0.05) is 6.92 Å². The van der Waals surface area contributed by atoms with Crippen molar-refractivity contribution in [3.63, 3.8) is 0 Å². The maximum absolute atomic E-state index is 12.9. The van der Waals surface area contributed by atoms with Crippen LogP contribution in [0.2, 0.25) is 0 Å². The lowest BCUT2D eigenvalue weighted by Gasteiger charge is -2.05. The summed E-state index contributed by atoms with van der Waals surface area (Å²) in [6.07, 6.45) is 0. The lowest BCUT2D eigenvalue weighted by atomic mass is 10.2. The van der Waals surface area contributed by atoms with E-state index < -0.39 is 35.6 Å². The first-order valence-corrected chi connectivity index (χ1v) is 3.78. The van der Waals surface area contributed by atoms with E-state index in [1.54, 1.807) is 0 Å². The molecule has 1 aromatic rings. The van der Waals surface area contributed by atoms with Crippen LogP contribution < -0.4 is 0 Å². The molecule has 0 aromatic heterocycles. The van der Waals surface area contributed by atoms with Gasteiger partial charge in [-0.1, -0.05) is 0 Å². The zero-order valence-electron chi connectivity index (χ0n) is 7.31. The summed E-state index contributed by atoms with van der Waals surface area (Å²) in [5, 5.41) is 0. The first kappa shape index (κ1) is 10.6. The van der Waals surface area contributed by atoms with E-state index in [0.29, 0.717) is 6.07 Å². The second-order valence-electron chi connectivity index (χ2n) is 2.60. The highest BCUT2D eigenvalue weighted by Crippen LogP contribution is 2.16. The van der Waals surface area contributed by atoms with Gasteiger partial charge in [0.1, 0.15) is 12.4 Å². The fourth-order valence-corrected chi connectivity index (χ4v) is 0.875. The molecule has 0 aliphatic carbocycles. The summed E-state index contributed by atoms with van der Waals surface area (Å²) in [5.74, 6) is -4.13. The van der Waals surface area contributed by atoms with Crippen LogP contribution >= 0.6 is 0 Å². The van der Waals surface area contributed by atoms with Gasteiger partial charge in [0.15, 0.2) is 11.6 Å². The smallest absolute Gasteiger partial charge is 0.302 e. The van der Waals surface area contributed by atoms with Crippen molar-refractivity contribution in [1.82, 2.24) is 0 Å². The molecule has 0 radical (unpaired) electrons. The van der Waals surface area contributed by atoms with Gasteiger partial charge in [0.25, 0.3) is 0 Å². The summed E-state index contributed by atoms with van der Waals surface area (Å²) in [5.41, 5.74) is -0.583. The summed E-state index contributed by atoms with van der Waals surface area (Å²) in [6, 6.07) is 1.44. The normalized spacial score (nSPS) is 10.0. The SMILES string of the molecule is CC(=O)OCc1c(F)ccc(F)c1F. The third kappa shape index (κ3) is 2.25. The highest BCUT2D eigenvalue weighted by molar-refractivity contribution is 5.65. The second kappa shape index (κ2) is 4.13. The number of hydrogen-bond acceptors (Lipinski definition) is 2. The molecule has 5 heteroatoms. The molecule has 0 spiro atoms. The average Bonchev–Trinajstić information content (AvgIpc) is 2.11. The van der Waals surface area contributed by atoms with Crippen molar-refractivity contribution in [1.29, 1.82) is 0 Å². The van der Waals surface area contributed by atoms with Crippen LogP contribution in [0.4, 0.5) is 13.2 Å². The van der Waals surface area contributed by atoms with E-state index in [-0.39, 0.29) is 0 Å². The molecule has 2 nitrogen and oxygen atoms in total. The fourth-order valence-electron chi connectivity index (χ4n) is 0.875. The van der Waals surface area contributed by atoms with Gasteiger partial charge in [-0.3, -0.25) is 4.79 Å². The maximum Gasteiger partial charge on any atom is 0.302 e. The molecule has 76 valence electrons. The molecule has 0 fully saturated rings. The Morgan fingerprint density at radius 3 is 2.43 bits per heavy atom. The number of ether oxygens (including phenoxy) is 1. The highest BCUT2D eigenvalue weighted by Gasteiger charge is 2.14. The molecular formula is C9H7F3O2. The standard InChI is InChI=1S/C9H7F3O2/c1-5(13)14-4-6-7(10)2-3-8(11)9(6)12/h2-3H,4H2,1H3. The molecule has 0 saturated carbocycles. The van der Waals surface area contributed by atoms with Crippen molar-refractivity contribution < 1.29 is 22.7 Å². The van der Waals surface area contributed by atoms with Gasteiger partial charge in [-0.15, -0.1) is 0 Å². The van der Waals surface area contributed by atoms with Crippen LogP contribution in [-0.2, 0) is 16.1 Å². The fraction of sp³-hybridized carbons (Fsp3) is 0.222. The predicted octanol–water partition coefficient (Wildman–Crippen LogP) is 2.17. The second-order valence-corrected chi connectivity index (χ2v) is 2.60. The molecule has 0 amide bonds. The maximum atomic E-state index is 12.9. The van der Waals surface area contributed by atoms with E-state index in [1.165, 1.54) is 0 Å². The van der Waals surface area contributed by atoms with Crippen molar-refractivity contribution in [2.45, 2.75) is 13.5 Å². The molecule has 0 heterocycles. The van der Waals surface area contributed by atoms with E-state index in [4.69, 9.17) is 0 Å². The number of carbonyl (C=O) groups is 1. The van der Waals surface area contributed by atoms with Crippen molar-refractivity contribution in [2.75, 3.05) is 0 Å². The molecule has 0 saturated heterocycles. The Labute approximate surface area is 78.3 Å². The zero-order chi connectivity index (χ0) is 10.7. The summed E-state index contributed by atoms with van der Waals surface area (Å²) in [6.45, 7) is 0.486. The van der Waals surface area contributed by atoms with Gasteiger partial charge in [-0.25, -0.2) is 13.2 Å². The molecule has 0 bridgehead atoms. The van der Waals surface area contributed by atoms with Crippen LogP contribution in [0.1, 0.15) is 12.5 Å². The Balaban J connectivity index is 2.95. The van der Waals surface area contributed by atoms with Gasteiger partial charge in [0.05, 0.1) is 5.56 Å². The minimum absolute atomic E-state index is 0.583. The molecule has 0 atom stereocenters. The van der Waals surface area contributed by atoms with E-state index in [1.807, 2.05) is 0 Å². The van der Waals surface area contributed by atoms with Crippen LogP contribution in [0.25, 0.3) is 0 Å². The molecule has 1 aromatic carbocycles. The summed E-state index contributed by atoms with van der Waals surface area (Å²) in [7, 11) is 0. The van der Waals surface area contributed by atoms with Crippen molar-refractivity contribution >= 4 is 5.97 Å². The van der Waals surface area contributed by atoms with Crippen LogP contribution in [0.3, 0.4) is 0 Å². The molecule has 1 rings (SSSR count). The van der Waals surface area contributed by atoms with Crippen molar-refractivity contribution in [3.8, 4) is 0 Å². The summed E-state index contributed by atoms with van der Waals surface area (Å²) in [4.78, 5) is 10.4. The monoisotopic (exact) mass is 204 g/mol. The van der Waals surface area contributed by atoms with Crippen LogP contribution in [0, 0.1) is 17.5 Å². The van der Waals surface area contributed by atoms with E-state index in [9.17, 15) is 18.0 Å². The molecule has 0 aliphatic rings. The largest absolute Gasteiger partial charge is 0.461 e. The predicted molar refractivity (Wildman–Crippen MR) is 41.8 cm³/mol. The Morgan fingerprint density at radius 1 is 1.29 bits per heavy atom. The first-order valence-electron chi connectivity index (χ1n) is 3.78. The zero-order valence-corrected chi connectivity index (χ0v) is 7.31. The topological polar surface area (TPSA) is 26.3 Å². The van der Waals surface area contributed by atoms with Gasteiger partial charge in [-0.2, -0.15) is 0 Å². The van der Waals surface area contributed by atoms with Crippen LogP contribution in [-0.4, -0.2) is 5.97 Å². The molecule has 0 N–H and O–H groups in total. The highest BCUT2D eigenvalue weighted by atomic mass is 19.2. The Hall–Kier alpha value is -1.52. The van der Waals surface area contributed by atoms with Gasteiger partial charge < -0.3 is 4.74 Å². The van der Waals surface area contributed by atoms with Crippen molar-refractivity contribution in [3.05, 3.63) is 35.1 Å². The average molecular weight is 204 g/mol. The summed E-state index contributed by atoms with van der Waals surface area (Å²) < 4.78 is 42.7. The minimum atomic E-state index is -1.33. The minimum Gasteiger partial charge on any atom is -0.461 e. The number of esters is 1. The third-order valence-electron chi connectivity index (χ3n) is 1.56. The number of rotatable bonds is 2. The molecule has 0 aliphatic heterocycles. The Bertz CT molecular complexity index is 363. The first-order chi connectivity index (χ1) is 6.52. The van der Waals surface area contributed by atoms with E-state index >= 15 is 0 Å². The number of hydrogen-bond donors (Lipinski definition) is 0. The third-order valence-corrected chi connectivity index (χ3v) is 1.56. The lowest BCUT2D eigenvalue weighted by Crippen LogP contribution is -2.04. The van der Waals surface area contributed by atoms with E-state index in [0.717, 1.165) is 13.0 Å². The Morgan fingerprint density at radius 2 is 1.86 bits per heavy atom. The van der Waals surface area contributed by atoms with Crippen LogP contribution in [0.15, 0.2) is 12.1 Å². The molecule has 14 heavy (non-hydrogen) atoms. The summed E-state index contributed by atoms with van der Waals surface area (Å²) >= 11 is 0. The number of benzene rings is 1. The number of halogens is 3. The number of carbonyl (C=O) groups excluding carboxylic acids is 1. The van der Waals surface area contributed by atoms with Gasteiger partial charge >= 0.3 is 5.97 Å². The van der Waals surface area contributed by atoms with Crippen molar-refractivity contribution in [2.24, 2.45) is 0 Å². The van der Waals surface area contributed by atoms with Gasteiger partial charge in [0.2, 0.25) is 0 Å².